The fraction of sp³-hybridized carbons (Fsp3) is 0.524. The van der Waals surface area contributed by atoms with Crippen molar-refractivity contribution in [1.29, 1.82) is 0 Å². The smallest absolute Gasteiger partial charge is 0.342 e. The number of hydrogen-bond acceptors (Lipinski definition) is 6. The van der Waals surface area contributed by atoms with Crippen molar-refractivity contribution in [3.05, 3.63) is 84.2 Å². The van der Waals surface area contributed by atoms with Gasteiger partial charge in [-0.1, -0.05) is 71.9 Å². The maximum atomic E-state index is 13.5. The average Bonchev–Trinajstić information content (AvgIpc) is 3.72. The Morgan fingerprint density at radius 3 is 2.18 bits per heavy atom. The molecule has 1 atom stereocenters. The van der Waals surface area contributed by atoms with E-state index in [1.807, 2.05) is 45.2 Å². The lowest BCUT2D eigenvalue weighted by molar-refractivity contribution is 0.00671. The first-order valence-electron chi connectivity index (χ1n) is 18.9. The Labute approximate surface area is 301 Å². The Morgan fingerprint density at radius 2 is 1.54 bits per heavy atom. The predicted octanol–water partition coefficient (Wildman–Crippen LogP) is 10.6. The van der Waals surface area contributed by atoms with E-state index in [1.165, 1.54) is 24.9 Å². The zero-order chi connectivity index (χ0) is 35.8. The van der Waals surface area contributed by atoms with Crippen LogP contribution in [0.4, 0.5) is 5.69 Å². The summed E-state index contributed by atoms with van der Waals surface area (Å²) in [6, 6.07) is 22.3. The Bertz CT molecular complexity index is 1750. The molecule has 2 aliphatic heterocycles. The molecule has 2 aliphatic rings. The highest BCUT2D eigenvalue weighted by Gasteiger charge is 2.46. The lowest BCUT2D eigenvalue weighted by atomic mass is 9.98. The van der Waals surface area contributed by atoms with Crippen LogP contribution in [0, 0.1) is 0 Å². The highest BCUT2D eigenvalue weighted by molar-refractivity contribution is 6.82. The molecule has 0 spiro atoms. The molecular weight excluding hydrogens is 637 g/mol. The van der Waals surface area contributed by atoms with Gasteiger partial charge in [0.2, 0.25) is 0 Å². The minimum Gasteiger partial charge on any atom is -0.456 e. The fourth-order valence-electron chi connectivity index (χ4n) is 9.34. The topological polar surface area (TPSA) is 59.8 Å². The van der Waals surface area contributed by atoms with Crippen LogP contribution in [0.1, 0.15) is 110 Å². The quantitative estimate of drug-likeness (QED) is 0.122. The summed E-state index contributed by atoms with van der Waals surface area (Å²) in [6.07, 6.45) is 8.77. The first kappa shape index (κ1) is 36.2. The molecule has 1 unspecified atom stereocenters. The van der Waals surface area contributed by atoms with Crippen molar-refractivity contribution in [2.45, 2.75) is 122 Å². The van der Waals surface area contributed by atoms with Gasteiger partial charge in [0.15, 0.2) is 8.24 Å². The number of nitrogens with zero attached hydrogens (tertiary/aromatic N) is 4. The number of carbonyl (C=O) groups is 1. The number of likely N-dealkylation sites (tertiary alicyclic amines) is 1. The lowest BCUT2D eigenvalue weighted by Gasteiger charge is -2.44. The molecule has 4 aromatic rings. The summed E-state index contributed by atoms with van der Waals surface area (Å²) in [6.45, 7) is 23.0. The third-order valence-corrected chi connectivity index (χ3v) is 18.0. The van der Waals surface area contributed by atoms with Crippen LogP contribution in [0.3, 0.4) is 0 Å². The van der Waals surface area contributed by atoms with Crippen LogP contribution in [0.25, 0.3) is 11.0 Å². The SMILES string of the molecule is CC(C)[Si](C(C)C)(C(C)C)n1ccc2cc(Oc3cc(N4CCC(N5CCCC5c5ccccc5)CC4)ccc3C(=O)OC(C)(C)C)cnc21. The van der Waals surface area contributed by atoms with E-state index in [0.29, 0.717) is 45.8 Å². The minimum absolute atomic E-state index is 0.388. The van der Waals surface area contributed by atoms with Gasteiger partial charge < -0.3 is 18.6 Å². The first-order valence-corrected chi connectivity index (χ1v) is 21.1. The van der Waals surface area contributed by atoms with E-state index >= 15 is 0 Å². The van der Waals surface area contributed by atoms with Gasteiger partial charge in [-0.25, -0.2) is 9.78 Å². The Kier molecular flexibility index (Phi) is 10.5. The van der Waals surface area contributed by atoms with Gasteiger partial charge in [0, 0.05) is 42.3 Å². The molecule has 268 valence electrons. The first-order chi connectivity index (χ1) is 23.8. The second-order valence-corrected chi connectivity index (χ2v) is 22.2. The molecular formula is C42H58N4O3Si. The number of ether oxygens (including phenoxy) is 2. The van der Waals surface area contributed by atoms with Crippen molar-refractivity contribution < 1.29 is 14.3 Å². The van der Waals surface area contributed by atoms with Crippen LogP contribution < -0.4 is 9.64 Å². The van der Waals surface area contributed by atoms with Gasteiger partial charge in [0.25, 0.3) is 0 Å². The number of esters is 1. The number of aromatic nitrogens is 2. The summed E-state index contributed by atoms with van der Waals surface area (Å²) in [4.78, 5) is 23.7. The number of carbonyl (C=O) groups excluding carboxylic acids is 1. The normalized spacial score (nSPS) is 18.2. The zero-order valence-corrected chi connectivity index (χ0v) is 32.8. The van der Waals surface area contributed by atoms with Crippen molar-refractivity contribution in [1.82, 2.24) is 14.1 Å². The molecule has 2 aromatic carbocycles. The second kappa shape index (κ2) is 14.5. The minimum atomic E-state index is -1.97. The molecule has 50 heavy (non-hydrogen) atoms. The van der Waals surface area contributed by atoms with Crippen LogP contribution in [-0.4, -0.2) is 59.6 Å². The average molecular weight is 695 g/mol. The van der Waals surface area contributed by atoms with E-state index in [4.69, 9.17) is 14.5 Å². The van der Waals surface area contributed by atoms with Gasteiger partial charge in [0.1, 0.15) is 28.3 Å². The number of hydrogen-bond donors (Lipinski definition) is 0. The number of fused-ring (bicyclic) bond motifs is 1. The van der Waals surface area contributed by atoms with E-state index in [0.717, 1.165) is 42.7 Å². The zero-order valence-electron chi connectivity index (χ0n) is 31.8. The van der Waals surface area contributed by atoms with Crippen LogP contribution in [0.2, 0.25) is 16.6 Å². The molecule has 0 bridgehead atoms. The Balaban J connectivity index is 1.26. The van der Waals surface area contributed by atoms with Gasteiger partial charge >= 0.3 is 5.97 Å². The van der Waals surface area contributed by atoms with Crippen LogP contribution >= 0.6 is 0 Å². The highest BCUT2D eigenvalue weighted by Crippen LogP contribution is 2.44. The van der Waals surface area contributed by atoms with E-state index in [2.05, 4.69) is 104 Å². The van der Waals surface area contributed by atoms with Crippen LogP contribution in [0.15, 0.2) is 73.1 Å². The van der Waals surface area contributed by atoms with E-state index in [9.17, 15) is 4.79 Å². The summed E-state index contributed by atoms with van der Waals surface area (Å²) in [5, 5.41) is 1.05. The molecule has 2 aromatic heterocycles. The predicted molar refractivity (Wildman–Crippen MR) is 208 cm³/mol. The van der Waals surface area contributed by atoms with Crippen molar-refractivity contribution in [2.75, 3.05) is 24.5 Å². The van der Waals surface area contributed by atoms with Crippen molar-refractivity contribution in [3.63, 3.8) is 0 Å². The Morgan fingerprint density at radius 1 is 0.860 bits per heavy atom. The molecule has 0 radical (unpaired) electrons. The fourth-order valence-corrected chi connectivity index (χ4v) is 15.9. The molecule has 4 heterocycles. The molecule has 2 fully saturated rings. The molecule has 7 nitrogen and oxygen atoms in total. The van der Waals surface area contributed by atoms with Gasteiger partial charge in [-0.2, -0.15) is 0 Å². The third kappa shape index (κ3) is 7.11. The van der Waals surface area contributed by atoms with E-state index in [1.54, 1.807) is 0 Å². The summed E-state index contributed by atoms with van der Waals surface area (Å²) in [7, 11) is -1.97. The number of rotatable bonds is 10. The van der Waals surface area contributed by atoms with E-state index in [-0.39, 0.29) is 5.97 Å². The molecule has 0 N–H and O–H groups in total. The van der Waals surface area contributed by atoms with Gasteiger partial charge in [-0.15, -0.1) is 0 Å². The molecule has 2 saturated heterocycles. The monoisotopic (exact) mass is 694 g/mol. The third-order valence-electron chi connectivity index (χ3n) is 11.3. The second-order valence-electron chi connectivity index (χ2n) is 16.4. The molecule has 0 saturated carbocycles. The molecule has 6 rings (SSSR count). The summed E-state index contributed by atoms with van der Waals surface area (Å²) in [5.41, 5.74) is 4.99. The van der Waals surface area contributed by atoms with E-state index < -0.39 is 13.8 Å². The summed E-state index contributed by atoms with van der Waals surface area (Å²) >= 11 is 0. The summed E-state index contributed by atoms with van der Waals surface area (Å²) < 4.78 is 14.9. The maximum absolute atomic E-state index is 13.5. The molecule has 0 aliphatic carbocycles. The van der Waals surface area contributed by atoms with Gasteiger partial charge in [-0.05, 0) is 106 Å². The maximum Gasteiger partial charge on any atom is 0.342 e. The van der Waals surface area contributed by atoms with Crippen LogP contribution in [0.5, 0.6) is 11.5 Å². The number of benzene rings is 2. The number of anilines is 1. The number of pyridine rings is 1. The van der Waals surface area contributed by atoms with Crippen molar-refractivity contribution in [2.24, 2.45) is 0 Å². The molecule has 8 heteroatoms. The Hall–Kier alpha value is -3.62. The highest BCUT2D eigenvalue weighted by atomic mass is 28.3. The van der Waals surface area contributed by atoms with Crippen molar-refractivity contribution in [3.8, 4) is 11.5 Å². The van der Waals surface area contributed by atoms with Crippen molar-refractivity contribution >= 4 is 30.9 Å². The standard InChI is InChI=1S/C42H58N4O3Si/c1-29(2)50(30(3)4,31(5)6)46-25-19-33-26-36(28-43-40(33)46)48-39-27-35(17-18-37(39)41(47)49-42(7,8)9)44-23-20-34(21-24-44)45-22-13-16-38(45)32-14-11-10-12-15-32/h10-12,14-15,17-19,25-31,34,38H,13,16,20-24H2,1-9H3. The van der Waals surface area contributed by atoms with Gasteiger partial charge in [0.05, 0.1) is 6.20 Å². The van der Waals surface area contributed by atoms with Gasteiger partial charge in [-0.3, -0.25) is 4.90 Å². The number of piperidine rings is 1. The summed E-state index contributed by atoms with van der Waals surface area (Å²) in [5.74, 6) is 0.724. The lowest BCUT2D eigenvalue weighted by Crippen LogP contribution is -2.51. The largest absolute Gasteiger partial charge is 0.456 e. The van der Waals surface area contributed by atoms with Crippen LogP contribution in [-0.2, 0) is 4.74 Å². The molecule has 0 amide bonds.